The third-order valence-electron chi connectivity index (χ3n) is 4.59. The maximum absolute atomic E-state index is 9.59. The van der Waals surface area contributed by atoms with Gasteiger partial charge in [0.05, 0.1) is 5.69 Å². The van der Waals surface area contributed by atoms with Gasteiger partial charge in [-0.2, -0.15) is 0 Å². The summed E-state index contributed by atoms with van der Waals surface area (Å²) in [6.45, 7) is 6.04. The third-order valence-corrected chi connectivity index (χ3v) is 4.59. The number of pyridine rings is 1. The first kappa shape index (κ1) is 17.0. The van der Waals surface area contributed by atoms with Crippen molar-refractivity contribution in [2.24, 2.45) is 10.2 Å². The molecule has 5 heteroatoms. The highest BCUT2D eigenvalue weighted by Gasteiger charge is 2.16. The maximum atomic E-state index is 9.59. The first-order valence-corrected chi connectivity index (χ1v) is 8.79. The van der Waals surface area contributed by atoms with Crippen LogP contribution >= 0.6 is 0 Å². The van der Waals surface area contributed by atoms with Crippen molar-refractivity contribution < 1.29 is 5.11 Å². The Morgan fingerprint density at radius 2 is 1.74 bits per heavy atom. The Morgan fingerprint density at radius 1 is 0.889 bits per heavy atom. The van der Waals surface area contributed by atoms with Crippen LogP contribution in [0.1, 0.15) is 16.7 Å². The molecule has 0 fully saturated rings. The van der Waals surface area contributed by atoms with Gasteiger partial charge in [-0.15, -0.1) is 10.2 Å². The molecule has 27 heavy (non-hydrogen) atoms. The normalized spacial score (nSPS) is 11.5. The molecule has 0 amide bonds. The molecular formula is C22H20N4O. The summed E-state index contributed by atoms with van der Waals surface area (Å²) in [7, 11) is 0. The average Bonchev–Trinajstić information content (AvgIpc) is 3.01. The van der Waals surface area contributed by atoms with E-state index in [4.69, 9.17) is 4.98 Å². The molecule has 0 aliphatic heterocycles. The molecule has 0 bridgehead atoms. The second-order valence-corrected chi connectivity index (χ2v) is 6.70. The zero-order valence-electron chi connectivity index (χ0n) is 15.5. The minimum absolute atomic E-state index is 0.220. The van der Waals surface area contributed by atoms with Crippen molar-refractivity contribution >= 4 is 17.2 Å². The predicted molar refractivity (Wildman–Crippen MR) is 107 cm³/mol. The Balaban J connectivity index is 1.91. The molecule has 0 radical (unpaired) electrons. The fraction of sp³-hybridized carbons (Fsp3) is 0.136. The zero-order valence-corrected chi connectivity index (χ0v) is 15.5. The fourth-order valence-electron chi connectivity index (χ4n) is 3.10. The van der Waals surface area contributed by atoms with Gasteiger partial charge in [0.15, 0.2) is 5.82 Å². The van der Waals surface area contributed by atoms with Crippen LogP contribution in [0.4, 0.5) is 11.5 Å². The van der Waals surface area contributed by atoms with Crippen LogP contribution in [0.25, 0.3) is 16.9 Å². The molecule has 1 N–H and O–H groups in total. The van der Waals surface area contributed by atoms with E-state index in [1.165, 1.54) is 5.56 Å². The molecule has 0 spiro atoms. The standard InChI is InChI=1S/C22H20N4O/c1-14-7-8-15(2)18(12-14)21-22(26-11-5-4-6-20(26)23-21)25-24-19-10-9-17(27)13-16(19)3/h4-13,27H,1-3H3. The molecule has 0 aliphatic carbocycles. The molecule has 4 rings (SSSR count). The second-order valence-electron chi connectivity index (χ2n) is 6.70. The Labute approximate surface area is 157 Å². The molecule has 0 atom stereocenters. The Kier molecular flexibility index (Phi) is 4.20. The monoisotopic (exact) mass is 356 g/mol. The molecule has 134 valence electrons. The van der Waals surface area contributed by atoms with Crippen molar-refractivity contribution in [3.63, 3.8) is 0 Å². The van der Waals surface area contributed by atoms with Crippen LogP contribution in [0.2, 0.25) is 0 Å². The van der Waals surface area contributed by atoms with Crippen molar-refractivity contribution in [2.75, 3.05) is 0 Å². The number of fused-ring (bicyclic) bond motifs is 1. The van der Waals surface area contributed by atoms with Crippen molar-refractivity contribution in [3.8, 4) is 17.0 Å². The van der Waals surface area contributed by atoms with Gasteiger partial charge in [-0.1, -0.05) is 23.8 Å². The van der Waals surface area contributed by atoms with Crippen LogP contribution < -0.4 is 0 Å². The van der Waals surface area contributed by atoms with E-state index in [1.54, 1.807) is 18.2 Å². The van der Waals surface area contributed by atoms with E-state index in [0.717, 1.165) is 28.0 Å². The van der Waals surface area contributed by atoms with Gasteiger partial charge in [-0.05, 0) is 68.3 Å². The van der Waals surface area contributed by atoms with Crippen LogP contribution in [-0.2, 0) is 0 Å². The summed E-state index contributed by atoms with van der Waals surface area (Å²) in [6.07, 6.45) is 1.94. The first-order chi connectivity index (χ1) is 13.0. The van der Waals surface area contributed by atoms with Gasteiger partial charge >= 0.3 is 0 Å². The Hall–Kier alpha value is -3.47. The SMILES string of the molecule is Cc1ccc(C)c(-c2nc3ccccn3c2N=Nc2ccc(O)cc2C)c1. The summed E-state index contributed by atoms with van der Waals surface area (Å²) in [5.74, 6) is 0.907. The number of nitrogens with zero attached hydrogens (tertiary/aromatic N) is 4. The highest BCUT2D eigenvalue weighted by molar-refractivity contribution is 5.77. The molecule has 2 aromatic carbocycles. The fourth-order valence-corrected chi connectivity index (χ4v) is 3.10. The van der Waals surface area contributed by atoms with Crippen molar-refractivity contribution in [1.29, 1.82) is 0 Å². The number of rotatable bonds is 3. The molecule has 5 nitrogen and oxygen atoms in total. The highest BCUT2D eigenvalue weighted by atomic mass is 16.3. The molecule has 2 heterocycles. The number of hydrogen-bond donors (Lipinski definition) is 1. The van der Waals surface area contributed by atoms with E-state index >= 15 is 0 Å². The quantitative estimate of drug-likeness (QED) is 0.454. The number of azo groups is 1. The second kappa shape index (κ2) is 6.68. The van der Waals surface area contributed by atoms with Gasteiger partial charge in [0.25, 0.3) is 0 Å². The van der Waals surface area contributed by atoms with Crippen molar-refractivity contribution in [1.82, 2.24) is 9.38 Å². The lowest BCUT2D eigenvalue weighted by Gasteiger charge is -2.05. The summed E-state index contributed by atoms with van der Waals surface area (Å²) in [4.78, 5) is 4.80. The van der Waals surface area contributed by atoms with E-state index in [-0.39, 0.29) is 5.75 Å². The lowest BCUT2D eigenvalue weighted by molar-refractivity contribution is 0.475. The maximum Gasteiger partial charge on any atom is 0.187 e. The molecule has 0 saturated heterocycles. The van der Waals surface area contributed by atoms with Gasteiger partial charge in [0.2, 0.25) is 0 Å². The average molecular weight is 356 g/mol. The molecule has 0 unspecified atom stereocenters. The zero-order chi connectivity index (χ0) is 19.0. The minimum Gasteiger partial charge on any atom is -0.508 e. The number of phenolic OH excluding ortho intramolecular Hbond substituents is 1. The molecule has 0 saturated carbocycles. The molecule has 4 aromatic rings. The lowest BCUT2D eigenvalue weighted by atomic mass is 10.0. The van der Waals surface area contributed by atoms with E-state index < -0.39 is 0 Å². The van der Waals surface area contributed by atoms with Crippen LogP contribution in [0, 0.1) is 20.8 Å². The smallest absolute Gasteiger partial charge is 0.187 e. The topological polar surface area (TPSA) is 62.2 Å². The van der Waals surface area contributed by atoms with Gasteiger partial charge < -0.3 is 5.11 Å². The van der Waals surface area contributed by atoms with Crippen molar-refractivity contribution in [2.45, 2.75) is 20.8 Å². The summed E-state index contributed by atoms with van der Waals surface area (Å²) >= 11 is 0. The number of hydrogen-bond acceptors (Lipinski definition) is 4. The van der Waals surface area contributed by atoms with Gasteiger partial charge in [0, 0.05) is 11.8 Å². The summed E-state index contributed by atoms with van der Waals surface area (Å²) in [6, 6.07) is 17.2. The summed E-state index contributed by atoms with van der Waals surface area (Å²) < 4.78 is 1.94. The molecule has 0 aliphatic rings. The highest BCUT2D eigenvalue weighted by Crippen LogP contribution is 2.35. The van der Waals surface area contributed by atoms with Gasteiger partial charge in [-0.3, -0.25) is 4.40 Å². The van der Waals surface area contributed by atoms with E-state index in [0.29, 0.717) is 11.5 Å². The van der Waals surface area contributed by atoms with Crippen LogP contribution in [0.5, 0.6) is 5.75 Å². The first-order valence-electron chi connectivity index (χ1n) is 8.79. The number of phenols is 1. The van der Waals surface area contributed by atoms with Crippen LogP contribution in [0.3, 0.4) is 0 Å². The van der Waals surface area contributed by atoms with Crippen molar-refractivity contribution in [3.05, 3.63) is 77.5 Å². The van der Waals surface area contributed by atoms with Crippen LogP contribution in [-0.4, -0.2) is 14.5 Å². The number of aromatic hydroxyl groups is 1. The van der Waals surface area contributed by atoms with E-state index in [1.807, 2.05) is 35.7 Å². The number of aryl methyl sites for hydroxylation is 3. The van der Waals surface area contributed by atoms with Crippen LogP contribution in [0.15, 0.2) is 71.0 Å². The lowest BCUT2D eigenvalue weighted by Crippen LogP contribution is -1.86. The number of benzene rings is 2. The van der Waals surface area contributed by atoms with E-state index in [9.17, 15) is 5.11 Å². The summed E-state index contributed by atoms with van der Waals surface area (Å²) in [5, 5.41) is 18.6. The number of imidazole rings is 1. The largest absolute Gasteiger partial charge is 0.508 e. The molecular weight excluding hydrogens is 336 g/mol. The minimum atomic E-state index is 0.220. The Bertz CT molecular complexity index is 1170. The van der Waals surface area contributed by atoms with Gasteiger partial charge in [-0.25, -0.2) is 4.98 Å². The van der Waals surface area contributed by atoms with E-state index in [2.05, 4.69) is 42.3 Å². The van der Waals surface area contributed by atoms with Gasteiger partial charge in [0.1, 0.15) is 17.1 Å². The Morgan fingerprint density at radius 3 is 2.56 bits per heavy atom. The third kappa shape index (κ3) is 3.19. The predicted octanol–water partition coefficient (Wildman–Crippen LogP) is 6.05. The molecule has 2 aromatic heterocycles. The number of aromatic nitrogens is 2. The summed E-state index contributed by atoms with van der Waals surface area (Å²) in [5.41, 5.74) is 6.57.